The molecule has 2 saturated heterocycles. The van der Waals surface area contributed by atoms with Crippen LogP contribution in [0.25, 0.3) is 0 Å². The summed E-state index contributed by atoms with van der Waals surface area (Å²) in [7, 11) is -3.11. The zero-order valence-electron chi connectivity index (χ0n) is 14.9. The molecule has 5 rings (SSSR count). The summed E-state index contributed by atoms with van der Waals surface area (Å²) in [5.74, 6) is 0.842. The van der Waals surface area contributed by atoms with Gasteiger partial charge < -0.3 is 14.4 Å². The average Bonchev–Trinajstić information content (AvgIpc) is 3.32. The summed E-state index contributed by atoms with van der Waals surface area (Å²) >= 11 is 4.80. The number of aliphatic imine (C=N–C) groups is 1. The molecular formula is C19H15BrN2O5S2. The standard InChI is InChI=1S/C19H15BrN2O5S2/c20-12-2-1-3-13(7-12)22-14-8-29(24,25)9-17(14)28-19(22)21-18(23)11-4-5-15-16(6-11)27-10-26-15/h1-7,14,17H,8-10H2/t14-,17-/m1/s1. The Kier molecular flexibility index (Phi) is 4.60. The second kappa shape index (κ2) is 7.03. The van der Waals surface area contributed by atoms with E-state index in [2.05, 4.69) is 20.9 Å². The number of thioether (sulfide) groups is 1. The number of hydrogen-bond acceptors (Lipinski definition) is 6. The summed E-state index contributed by atoms with van der Waals surface area (Å²) in [4.78, 5) is 19.1. The van der Waals surface area contributed by atoms with E-state index in [9.17, 15) is 13.2 Å². The van der Waals surface area contributed by atoms with Crippen molar-refractivity contribution in [1.82, 2.24) is 0 Å². The maximum absolute atomic E-state index is 12.8. The molecule has 0 radical (unpaired) electrons. The monoisotopic (exact) mass is 494 g/mol. The van der Waals surface area contributed by atoms with E-state index in [0.717, 1.165) is 10.2 Å². The van der Waals surface area contributed by atoms with Crippen LogP contribution in [0.5, 0.6) is 11.5 Å². The van der Waals surface area contributed by atoms with Crippen LogP contribution in [0.1, 0.15) is 10.4 Å². The van der Waals surface area contributed by atoms with Gasteiger partial charge in [-0.05, 0) is 36.4 Å². The fourth-order valence-electron chi connectivity index (χ4n) is 3.67. The molecule has 0 aromatic heterocycles. The minimum Gasteiger partial charge on any atom is -0.454 e. The molecule has 3 aliphatic heterocycles. The van der Waals surface area contributed by atoms with Crippen molar-refractivity contribution >= 4 is 54.3 Å². The summed E-state index contributed by atoms with van der Waals surface area (Å²) in [5.41, 5.74) is 1.19. The highest BCUT2D eigenvalue weighted by atomic mass is 79.9. The van der Waals surface area contributed by atoms with Gasteiger partial charge in [-0.1, -0.05) is 33.8 Å². The molecule has 150 valence electrons. The summed E-state index contributed by atoms with van der Waals surface area (Å²) < 4.78 is 35.8. The number of fused-ring (bicyclic) bond motifs is 2. The van der Waals surface area contributed by atoms with Crippen LogP contribution in [0, 0.1) is 0 Å². The first kappa shape index (κ1) is 19.0. The smallest absolute Gasteiger partial charge is 0.279 e. The van der Waals surface area contributed by atoms with Crippen molar-refractivity contribution in [3.05, 3.63) is 52.5 Å². The summed E-state index contributed by atoms with van der Waals surface area (Å²) in [5, 5.41) is 0.359. The van der Waals surface area contributed by atoms with Gasteiger partial charge in [0, 0.05) is 21.0 Å². The molecule has 7 nitrogen and oxygen atoms in total. The number of amidine groups is 1. The second-order valence-electron chi connectivity index (χ2n) is 6.92. The lowest BCUT2D eigenvalue weighted by atomic mass is 10.2. The molecule has 2 aromatic rings. The van der Waals surface area contributed by atoms with Crippen molar-refractivity contribution in [1.29, 1.82) is 0 Å². The van der Waals surface area contributed by atoms with Gasteiger partial charge in [0.25, 0.3) is 5.91 Å². The molecule has 10 heteroatoms. The third kappa shape index (κ3) is 3.53. The van der Waals surface area contributed by atoms with Gasteiger partial charge in [0.2, 0.25) is 6.79 Å². The zero-order chi connectivity index (χ0) is 20.2. The van der Waals surface area contributed by atoms with E-state index in [1.54, 1.807) is 18.2 Å². The first-order valence-electron chi connectivity index (χ1n) is 8.84. The normalized spacial score (nSPS) is 25.4. The predicted octanol–water partition coefficient (Wildman–Crippen LogP) is 3.09. The van der Waals surface area contributed by atoms with Crippen molar-refractivity contribution in [3.63, 3.8) is 0 Å². The molecule has 0 unspecified atom stereocenters. The molecule has 29 heavy (non-hydrogen) atoms. The van der Waals surface area contributed by atoms with Crippen molar-refractivity contribution in [2.24, 2.45) is 4.99 Å². The maximum Gasteiger partial charge on any atom is 0.279 e. The summed E-state index contributed by atoms with van der Waals surface area (Å²) in [6.45, 7) is 0.131. The van der Waals surface area contributed by atoms with Gasteiger partial charge in [0.15, 0.2) is 26.5 Å². The fourth-order valence-corrected chi connectivity index (χ4v) is 7.97. The van der Waals surface area contributed by atoms with Crippen LogP contribution >= 0.6 is 27.7 Å². The Morgan fingerprint density at radius 3 is 2.79 bits per heavy atom. The number of nitrogens with zero attached hydrogens (tertiary/aromatic N) is 2. The van der Waals surface area contributed by atoms with Crippen molar-refractivity contribution in [2.75, 3.05) is 23.2 Å². The lowest BCUT2D eigenvalue weighted by Gasteiger charge is -2.24. The largest absolute Gasteiger partial charge is 0.454 e. The molecule has 0 aliphatic carbocycles. The van der Waals surface area contributed by atoms with Gasteiger partial charge >= 0.3 is 0 Å². The lowest BCUT2D eigenvalue weighted by Crippen LogP contribution is -2.37. The van der Waals surface area contributed by atoms with Gasteiger partial charge in [-0.2, -0.15) is 4.99 Å². The van der Waals surface area contributed by atoms with E-state index >= 15 is 0 Å². The SMILES string of the molecule is O=C(N=C1S[C@@H]2CS(=O)(=O)C[C@H]2N1c1cccc(Br)c1)c1ccc2c(c1)OCO2. The molecule has 3 heterocycles. The molecule has 0 N–H and O–H groups in total. The summed E-state index contributed by atoms with van der Waals surface area (Å²) in [6.07, 6.45) is 0. The number of carbonyl (C=O) groups is 1. The quantitative estimate of drug-likeness (QED) is 0.633. The Hall–Kier alpha value is -2.04. The molecule has 0 spiro atoms. The van der Waals surface area contributed by atoms with Crippen molar-refractivity contribution in [3.8, 4) is 11.5 Å². The molecule has 0 saturated carbocycles. The van der Waals surface area contributed by atoms with E-state index in [0.29, 0.717) is 22.2 Å². The first-order valence-corrected chi connectivity index (χ1v) is 12.3. The van der Waals surface area contributed by atoms with Crippen LogP contribution in [-0.2, 0) is 9.84 Å². The Bertz CT molecular complexity index is 1150. The molecular weight excluding hydrogens is 480 g/mol. The van der Waals surface area contributed by atoms with Crippen LogP contribution in [0.2, 0.25) is 0 Å². The third-order valence-electron chi connectivity index (χ3n) is 4.97. The van der Waals surface area contributed by atoms with Crippen molar-refractivity contribution in [2.45, 2.75) is 11.3 Å². The number of carbonyl (C=O) groups excluding carboxylic acids is 1. The van der Waals surface area contributed by atoms with E-state index in [1.165, 1.54) is 11.8 Å². The number of anilines is 1. The van der Waals surface area contributed by atoms with E-state index in [-0.39, 0.29) is 29.6 Å². The van der Waals surface area contributed by atoms with E-state index in [4.69, 9.17) is 9.47 Å². The Morgan fingerprint density at radius 2 is 1.97 bits per heavy atom. The third-order valence-corrected chi connectivity index (χ3v) is 8.67. The molecule has 3 aliphatic rings. The van der Waals surface area contributed by atoms with Crippen LogP contribution in [0.3, 0.4) is 0 Å². The number of sulfone groups is 1. The van der Waals surface area contributed by atoms with Gasteiger partial charge in [0.1, 0.15) is 0 Å². The highest BCUT2D eigenvalue weighted by molar-refractivity contribution is 9.10. The zero-order valence-corrected chi connectivity index (χ0v) is 18.2. The second-order valence-corrected chi connectivity index (χ2v) is 11.2. The van der Waals surface area contributed by atoms with Crippen molar-refractivity contribution < 1.29 is 22.7 Å². The topological polar surface area (TPSA) is 85.3 Å². The predicted molar refractivity (Wildman–Crippen MR) is 115 cm³/mol. The number of halogens is 1. The Morgan fingerprint density at radius 1 is 1.14 bits per heavy atom. The minimum absolute atomic E-state index is 0.0500. The molecule has 2 aromatic carbocycles. The van der Waals surface area contributed by atoms with Crippen LogP contribution < -0.4 is 14.4 Å². The van der Waals surface area contributed by atoms with Gasteiger partial charge in [-0.25, -0.2) is 8.42 Å². The highest BCUT2D eigenvalue weighted by Gasteiger charge is 2.49. The molecule has 0 bridgehead atoms. The van der Waals surface area contributed by atoms with Gasteiger partial charge in [-0.15, -0.1) is 0 Å². The van der Waals surface area contributed by atoms with Gasteiger partial charge in [0.05, 0.1) is 17.5 Å². The average molecular weight is 495 g/mol. The number of rotatable bonds is 2. The minimum atomic E-state index is -3.11. The van der Waals surface area contributed by atoms with E-state index < -0.39 is 15.7 Å². The number of amides is 1. The highest BCUT2D eigenvalue weighted by Crippen LogP contribution is 2.41. The lowest BCUT2D eigenvalue weighted by molar-refractivity contribution is 0.100. The summed E-state index contributed by atoms with van der Waals surface area (Å²) in [6, 6.07) is 12.3. The molecule has 2 atom stereocenters. The number of ether oxygens (including phenoxy) is 2. The Labute approximate surface area is 180 Å². The first-order chi connectivity index (χ1) is 13.9. The Balaban J connectivity index is 1.51. The van der Waals surface area contributed by atoms with Gasteiger partial charge in [-0.3, -0.25) is 4.79 Å². The molecule has 1 amide bonds. The maximum atomic E-state index is 12.8. The molecule has 2 fully saturated rings. The van der Waals surface area contributed by atoms with Crippen LogP contribution in [0.4, 0.5) is 5.69 Å². The van der Waals surface area contributed by atoms with Crippen LogP contribution in [-0.4, -0.2) is 49.1 Å². The fraction of sp³-hybridized carbons (Fsp3) is 0.263. The number of hydrogen-bond donors (Lipinski definition) is 0. The van der Waals surface area contributed by atoms with Crippen LogP contribution in [0.15, 0.2) is 51.9 Å². The number of benzene rings is 2. The van der Waals surface area contributed by atoms with E-state index in [1.807, 2.05) is 29.2 Å².